The van der Waals surface area contributed by atoms with Crippen LogP contribution in [0, 0.1) is 13.8 Å². The second kappa shape index (κ2) is 7.70. The molecule has 5 nitrogen and oxygen atoms in total. The van der Waals surface area contributed by atoms with E-state index in [-0.39, 0.29) is 12.5 Å². The predicted molar refractivity (Wildman–Crippen MR) is 92.5 cm³/mol. The van der Waals surface area contributed by atoms with Crippen molar-refractivity contribution >= 4 is 39.1 Å². The molecule has 0 atom stereocenters. The molecule has 1 aromatic carbocycles. The van der Waals surface area contributed by atoms with Gasteiger partial charge >= 0.3 is 5.97 Å². The van der Waals surface area contributed by atoms with E-state index in [0.29, 0.717) is 17.1 Å². The maximum atomic E-state index is 12.1. The molecule has 0 spiro atoms. The molecule has 7 heteroatoms. The molecule has 0 radical (unpaired) electrons. The zero-order valence-corrected chi connectivity index (χ0v) is 15.5. The number of hydrogen-bond acceptors (Lipinski definition) is 5. The summed E-state index contributed by atoms with van der Waals surface area (Å²) < 4.78 is 6.08. The summed E-state index contributed by atoms with van der Waals surface area (Å²) in [6.07, 6.45) is 0. The molecule has 0 aliphatic heterocycles. The van der Waals surface area contributed by atoms with Gasteiger partial charge in [-0.2, -0.15) is 0 Å². The molecule has 0 aliphatic carbocycles. The zero-order valence-electron chi connectivity index (χ0n) is 13.1. The molecule has 0 saturated carbocycles. The Balaban J connectivity index is 1.87. The summed E-state index contributed by atoms with van der Waals surface area (Å²) in [5, 5.41) is 0.799. The molecule has 1 aromatic heterocycles. The first-order valence-corrected chi connectivity index (χ1v) is 8.57. The number of nitrogens with zero attached hydrogens (tertiary/aromatic N) is 2. The third-order valence-corrected chi connectivity index (χ3v) is 4.76. The van der Waals surface area contributed by atoms with Crippen LogP contribution < -0.4 is 0 Å². The van der Waals surface area contributed by atoms with Gasteiger partial charge in [0.05, 0.1) is 10.7 Å². The van der Waals surface area contributed by atoms with Crippen LogP contribution in [0.15, 0.2) is 28.7 Å². The summed E-state index contributed by atoms with van der Waals surface area (Å²) in [7, 11) is 1.68. The SMILES string of the molecule is Cc1nc(C)c(C(=O)OCC(=O)N(C)Cc2ccc(Br)cc2)s1. The minimum atomic E-state index is -0.501. The van der Waals surface area contributed by atoms with Gasteiger partial charge in [0.1, 0.15) is 4.88 Å². The number of esters is 1. The number of likely N-dealkylation sites (N-methyl/N-ethyl adjacent to an activating group) is 1. The van der Waals surface area contributed by atoms with Crippen LogP contribution in [0.3, 0.4) is 0 Å². The first-order chi connectivity index (χ1) is 10.9. The van der Waals surface area contributed by atoms with E-state index in [1.807, 2.05) is 31.2 Å². The van der Waals surface area contributed by atoms with Gasteiger partial charge in [0.2, 0.25) is 0 Å². The van der Waals surface area contributed by atoms with E-state index in [1.54, 1.807) is 14.0 Å². The number of benzene rings is 1. The predicted octanol–water partition coefficient (Wildman–Crippen LogP) is 3.34. The number of thiazole rings is 1. The fourth-order valence-electron chi connectivity index (χ4n) is 1.98. The van der Waals surface area contributed by atoms with Gasteiger partial charge in [0, 0.05) is 18.1 Å². The lowest BCUT2D eigenvalue weighted by Gasteiger charge is -2.17. The number of aryl methyl sites for hydroxylation is 2. The van der Waals surface area contributed by atoms with Gasteiger partial charge in [-0.15, -0.1) is 11.3 Å². The minimum Gasteiger partial charge on any atom is -0.451 e. The first-order valence-electron chi connectivity index (χ1n) is 6.96. The molecule has 122 valence electrons. The topological polar surface area (TPSA) is 59.5 Å². The number of aromatic nitrogens is 1. The highest BCUT2D eigenvalue weighted by Crippen LogP contribution is 2.18. The first kappa shape index (κ1) is 17.6. The molecule has 1 heterocycles. The van der Waals surface area contributed by atoms with Gasteiger partial charge in [0.25, 0.3) is 5.91 Å². The molecule has 0 aliphatic rings. The Kier molecular flexibility index (Phi) is 5.90. The fourth-order valence-corrected chi connectivity index (χ4v) is 3.05. The molecule has 2 rings (SSSR count). The number of ether oxygens (including phenoxy) is 1. The van der Waals surface area contributed by atoms with Crippen LogP contribution in [-0.4, -0.2) is 35.4 Å². The lowest BCUT2D eigenvalue weighted by Crippen LogP contribution is -2.30. The standard InChI is InChI=1S/C16H17BrN2O3S/c1-10-15(23-11(2)18-10)16(21)22-9-14(20)19(3)8-12-4-6-13(17)7-5-12/h4-7H,8-9H2,1-3H3. The highest BCUT2D eigenvalue weighted by Gasteiger charge is 2.18. The Morgan fingerprint density at radius 2 is 1.91 bits per heavy atom. The molecule has 0 unspecified atom stereocenters. The van der Waals surface area contributed by atoms with Crippen molar-refractivity contribution in [3.8, 4) is 0 Å². The van der Waals surface area contributed by atoms with Crippen LogP contribution >= 0.6 is 27.3 Å². The lowest BCUT2D eigenvalue weighted by atomic mass is 10.2. The quantitative estimate of drug-likeness (QED) is 0.727. The number of carbonyl (C=O) groups is 2. The number of halogens is 1. The van der Waals surface area contributed by atoms with Crippen molar-refractivity contribution in [2.24, 2.45) is 0 Å². The molecular formula is C16H17BrN2O3S. The van der Waals surface area contributed by atoms with Gasteiger partial charge in [-0.25, -0.2) is 9.78 Å². The third kappa shape index (κ3) is 4.87. The van der Waals surface area contributed by atoms with E-state index in [9.17, 15) is 9.59 Å². The summed E-state index contributed by atoms with van der Waals surface area (Å²) in [6.45, 7) is 3.76. The van der Waals surface area contributed by atoms with E-state index >= 15 is 0 Å². The van der Waals surface area contributed by atoms with E-state index in [0.717, 1.165) is 15.0 Å². The molecule has 1 amide bonds. The molecule has 23 heavy (non-hydrogen) atoms. The van der Waals surface area contributed by atoms with Gasteiger partial charge in [-0.1, -0.05) is 28.1 Å². The highest BCUT2D eigenvalue weighted by molar-refractivity contribution is 9.10. The summed E-state index contributed by atoms with van der Waals surface area (Å²) in [5.74, 6) is -0.751. The van der Waals surface area contributed by atoms with Gasteiger partial charge in [-0.3, -0.25) is 4.79 Å². The molecule has 0 saturated heterocycles. The van der Waals surface area contributed by atoms with Crippen LogP contribution in [0.5, 0.6) is 0 Å². The highest BCUT2D eigenvalue weighted by atomic mass is 79.9. The van der Waals surface area contributed by atoms with Gasteiger partial charge in [0.15, 0.2) is 6.61 Å². The van der Waals surface area contributed by atoms with Crippen LogP contribution in [0.1, 0.15) is 25.9 Å². The molecule has 0 bridgehead atoms. The smallest absolute Gasteiger partial charge is 0.350 e. The zero-order chi connectivity index (χ0) is 17.0. The Labute approximate surface area is 147 Å². The second-order valence-corrected chi connectivity index (χ2v) is 7.22. The Morgan fingerprint density at radius 1 is 1.26 bits per heavy atom. The van der Waals surface area contributed by atoms with Crippen molar-refractivity contribution in [1.29, 1.82) is 0 Å². The number of rotatable bonds is 5. The van der Waals surface area contributed by atoms with Crippen LogP contribution in [0.4, 0.5) is 0 Å². The van der Waals surface area contributed by atoms with Crippen molar-refractivity contribution in [2.45, 2.75) is 20.4 Å². The van der Waals surface area contributed by atoms with E-state index in [1.165, 1.54) is 16.2 Å². The molecule has 2 aromatic rings. The van der Waals surface area contributed by atoms with E-state index in [2.05, 4.69) is 20.9 Å². The monoisotopic (exact) mass is 396 g/mol. The molecule has 0 fully saturated rings. The van der Waals surface area contributed by atoms with Crippen molar-refractivity contribution in [1.82, 2.24) is 9.88 Å². The number of carbonyl (C=O) groups excluding carboxylic acids is 2. The fraction of sp³-hybridized carbons (Fsp3) is 0.312. The Hall–Kier alpha value is -1.73. The Bertz CT molecular complexity index is 713. The largest absolute Gasteiger partial charge is 0.451 e. The van der Waals surface area contributed by atoms with Crippen LogP contribution in [0.2, 0.25) is 0 Å². The molecular weight excluding hydrogens is 380 g/mol. The second-order valence-electron chi connectivity index (χ2n) is 5.10. The average Bonchev–Trinajstić information content (AvgIpc) is 2.85. The van der Waals surface area contributed by atoms with Crippen LogP contribution in [-0.2, 0) is 16.1 Å². The van der Waals surface area contributed by atoms with Crippen molar-refractivity contribution in [3.05, 3.63) is 49.9 Å². The lowest BCUT2D eigenvalue weighted by molar-refractivity contribution is -0.133. The minimum absolute atomic E-state index is 0.250. The van der Waals surface area contributed by atoms with Crippen molar-refractivity contribution in [2.75, 3.05) is 13.7 Å². The summed E-state index contributed by atoms with van der Waals surface area (Å²) >= 11 is 4.64. The maximum Gasteiger partial charge on any atom is 0.350 e. The molecule has 0 N–H and O–H groups in total. The summed E-state index contributed by atoms with van der Waals surface area (Å²) in [4.78, 5) is 30.2. The number of amides is 1. The maximum absolute atomic E-state index is 12.1. The summed E-state index contributed by atoms with van der Waals surface area (Å²) in [5.41, 5.74) is 1.64. The third-order valence-electron chi connectivity index (χ3n) is 3.17. The average molecular weight is 397 g/mol. The normalized spacial score (nSPS) is 10.4. The number of hydrogen-bond donors (Lipinski definition) is 0. The van der Waals surface area contributed by atoms with Crippen molar-refractivity contribution < 1.29 is 14.3 Å². The van der Waals surface area contributed by atoms with Crippen molar-refractivity contribution in [3.63, 3.8) is 0 Å². The van der Waals surface area contributed by atoms with Crippen LogP contribution in [0.25, 0.3) is 0 Å². The Morgan fingerprint density at radius 3 is 2.48 bits per heavy atom. The van der Waals surface area contributed by atoms with Gasteiger partial charge in [-0.05, 0) is 31.5 Å². The van der Waals surface area contributed by atoms with E-state index < -0.39 is 5.97 Å². The summed E-state index contributed by atoms with van der Waals surface area (Å²) in [6, 6.07) is 7.71. The van der Waals surface area contributed by atoms with Gasteiger partial charge < -0.3 is 9.64 Å². The van der Waals surface area contributed by atoms with E-state index in [4.69, 9.17) is 4.74 Å².